The van der Waals surface area contributed by atoms with Gasteiger partial charge in [-0.25, -0.2) is 14.8 Å². The summed E-state index contributed by atoms with van der Waals surface area (Å²) in [7, 11) is 0. The lowest BCUT2D eigenvalue weighted by atomic mass is 10.1. The van der Waals surface area contributed by atoms with Gasteiger partial charge in [0.15, 0.2) is 5.69 Å². The van der Waals surface area contributed by atoms with Crippen LogP contribution in [-0.4, -0.2) is 22.5 Å². The van der Waals surface area contributed by atoms with Crippen LogP contribution >= 0.6 is 23.2 Å². The molecule has 0 aliphatic carbocycles. The maximum absolute atomic E-state index is 11.9. The van der Waals surface area contributed by atoms with Crippen molar-refractivity contribution in [2.24, 2.45) is 5.92 Å². The van der Waals surface area contributed by atoms with Crippen molar-refractivity contribution in [2.75, 3.05) is 6.61 Å². The molecule has 1 aromatic heterocycles. The van der Waals surface area contributed by atoms with E-state index in [0.717, 1.165) is 5.56 Å². The van der Waals surface area contributed by atoms with Gasteiger partial charge in [0.25, 0.3) is 0 Å². The van der Waals surface area contributed by atoms with Crippen LogP contribution in [0.15, 0.2) is 30.6 Å². The Morgan fingerprint density at radius 2 is 1.95 bits per heavy atom. The van der Waals surface area contributed by atoms with Crippen molar-refractivity contribution in [1.29, 1.82) is 0 Å². The third kappa shape index (κ3) is 4.16. The molecule has 1 aromatic carbocycles. The lowest BCUT2D eigenvalue weighted by molar-refractivity contribution is 0.0452. The number of carbonyl (C=O) groups is 1. The van der Waals surface area contributed by atoms with E-state index in [2.05, 4.69) is 9.97 Å². The number of rotatable bonds is 4. The van der Waals surface area contributed by atoms with Crippen molar-refractivity contribution in [3.63, 3.8) is 0 Å². The molecule has 0 radical (unpaired) electrons. The quantitative estimate of drug-likeness (QED) is 0.788. The predicted molar refractivity (Wildman–Crippen MR) is 82.6 cm³/mol. The first-order chi connectivity index (χ1) is 9.97. The van der Waals surface area contributed by atoms with Gasteiger partial charge in [0, 0.05) is 5.56 Å². The average molecular weight is 325 g/mol. The molecule has 0 aliphatic heterocycles. The van der Waals surface area contributed by atoms with Crippen LogP contribution in [0.4, 0.5) is 0 Å². The summed E-state index contributed by atoms with van der Waals surface area (Å²) in [5.41, 5.74) is 1.55. The maximum Gasteiger partial charge on any atom is 0.357 e. The monoisotopic (exact) mass is 324 g/mol. The molecule has 21 heavy (non-hydrogen) atoms. The Hall–Kier alpha value is -1.65. The van der Waals surface area contributed by atoms with E-state index in [0.29, 0.717) is 22.3 Å². The molecule has 2 aromatic rings. The van der Waals surface area contributed by atoms with Crippen LogP contribution in [0.5, 0.6) is 0 Å². The highest BCUT2D eigenvalue weighted by Crippen LogP contribution is 2.27. The van der Waals surface area contributed by atoms with E-state index < -0.39 is 5.97 Å². The second-order valence-electron chi connectivity index (χ2n) is 4.91. The van der Waals surface area contributed by atoms with Gasteiger partial charge in [0.2, 0.25) is 0 Å². The van der Waals surface area contributed by atoms with Crippen LogP contribution < -0.4 is 0 Å². The molecular weight excluding hydrogens is 311 g/mol. The highest BCUT2D eigenvalue weighted by molar-refractivity contribution is 6.42. The topological polar surface area (TPSA) is 52.1 Å². The molecule has 0 saturated carbocycles. The van der Waals surface area contributed by atoms with E-state index in [1.54, 1.807) is 24.3 Å². The normalized spacial score (nSPS) is 10.7. The molecule has 0 saturated heterocycles. The van der Waals surface area contributed by atoms with Crippen molar-refractivity contribution < 1.29 is 9.53 Å². The largest absolute Gasteiger partial charge is 0.461 e. The van der Waals surface area contributed by atoms with E-state index >= 15 is 0 Å². The Balaban J connectivity index is 2.24. The van der Waals surface area contributed by atoms with E-state index in [9.17, 15) is 4.79 Å². The van der Waals surface area contributed by atoms with Gasteiger partial charge in [-0.3, -0.25) is 0 Å². The lowest BCUT2D eigenvalue weighted by Gasteiger charge is -2.07. The fourth-order valence-electron chi connectivity index (χ4n) is 1.60. The summed E-state index contributed by atoms with van der Waals surface area (Å²) in [5, 5.41) is 0.891. The van der Waals surface area contributed by atoms with Crippen molar-refractivity contribution in [2.45, 2.75) is 13.8 Å². The van der Waals surface area contributed by atoms with Crippen molar-refractivity contribution >= 4 is 29.2 Å². The van der Waals surface area contributed by atoms with E-state index in [-0.39, 0.29) is 11.6 Å². The number of aromatic nitrogens is 2. The van der Waals surface area contributed by atoms with Gasteiger partial charge >= 0.3 is 5.97 Å². The van der Waals surface area contributed by atoms with Crippen molar-refractivity contribution in [3.8, 4) is 11.3 Å². The molecule has 0 atom stereocenters. The Kier molecular flexibility index (Phi) is 5.15. The second kappa shape index (κ2) is 6.87. The first-order valence-electron chi connectivity index (χ1n) is 6.42. The Morgan fingerprint density at radius 3 is 2.62 bits per heavy atom. The number of carbonyl (C=O) groups excluding carboxylic acids is 1. The number of hydrogen-bond donors (Lipinski definition) is 0. The van der Waals surface area contributed by atoms with Gasteiger partial charge in [-0.05, 0) is 24.1 Å². The fraction of sp³-hybridized carbons (Fsp3) is 0.267. The lowest BCUT2D eigenvalue weighted by Crippen LogP contribution is -2.12. The Labute approximate surface area is 133 Å². The highest BCUT2D eigenvalue weighted by atomic mass is 35.5. The van der Waals surface area contributed by atoms with Gasteiger partial charge in [-0.2, -0.15) is 0 Å². The third-order valence-corrected chi connectivity index (χ3v) is 3.38. The first kappa shape index (κ1) is 15.7. The molecule has 110 valence electrons. The highest BCUT2D eigenvalue weighted by Gasteiger charge is 2.12. The summed E-state index contributed by atoms with van der Waals surface area (Å²) in [4.78, 5) is 20.0. The summed E-state index contributed by atoms with van der Waals surface area (Å²) in [5.74, 6) is -0.197. The van der Waals surface area contributed by atoms with Gasteiger partial charge in [-0.1, -0.05) is 43.1 Å². The number of hydrogen-bond acceptors (Lipinski definition) is 4. The fourth-order valence-corrected chi connectivity index (χ4v) is 1.90. The van der Waals surface area contributed by atoms with Crippen LogP contribution in [-0.2, 0) is 4.74 Å². The number of nitrogens with zero attached hydrogens (tertiary/aromatic N) is 2. The van der Waals surface area contributed by atoms with E-state index in [1.165, 1.54) is 6.33 Å². The number of esters is 1. The van der Waals surface area contributed by atoms with E-state index in [4.69, 9.17) is 27.9 Å². The first-order valence-corrected chi connectivity index (χ1v) is 7.17. The minimum atomic E-state index is -0.465. The zero-order valence-corrected chi connectivity index (χ0v) is 13.1. The molecule has 0 N–H and O–H groups in total. The molecule has 0 unspecified atom stereocenters. The molecule has 6 heteroatoms. The zero-order valence-electron chi connectivity index (χ0n) is 11.6. The minimum absolute atomic E-state index is 0.215. The summed E-state index contributed by atoms with van der Waals surface area (Å²) in [6.45, 7) is 4.29. The molecule has 1 heterocycles. The average Bonchev–Trinajstić information content (AvgIpc) is 2.47. The number of halogens is 2. The Morgan fingerprint density at radius 1 is 1.19 bits per heavy atom. The van der Waals surface area contributed by atoms with E-state index in [1.807, 2.05) is 13.8 Å². The molecule has 0 spiro atoms. The van der Waals surface area contributed by atoms with Crippen LogP contribution in [0.25, 0.3) is 11.3 Å². The minimum Gasteiger partial charge on any atom is -0.461 e. The summed E-state index contributed by atoms with van der Waals surface area (Å²) >= 11 is 11.9. The maximum atomic E-state index is 11.9. The van der Waals surface area contributed by atoms with Crippen LogP contribution in [0, 0.1) is 5.92 Å². The smallest absolute Gasteiger partial charge is 0.357 e. The summed E-state index contributed by atoms with van der Waals surface area (Å²) in [6.07, 6.45) is 1.32. The van der Waals surface area contributed by atoms with Crippen LogP contribution in [0.1, 0.15) is 24.3 Å². The molecule has 2 rings (SSSR count). The third-order valence-electron chi connectivity index (χ3n) is 2.64. The molecule has 0 amide bonds. The van der Waals surface area contributed by atoms with Crippen molar-refractivity contribution in [3.05, 3.63) is 46.3 Å². The summed E-state index contributed by atoms with van der Waals surface area (Å²) < 4.78 is 5.15. The van der Waals surface area contributed by atoms with Gasteiger partial charge < -0.3 is 4.74 Å². The number of benzene rings is 1. The van der Waals surface area contributed by atoms with Crippen LogP contribution in [0.2, 0.25) is 10.0 Å². The zero-order chi connectivity index (χ0) is 15.4. The van der Waals surface area contributed by atoms with Gasteiger partial charge in [0.1, 0.15) is 6.33 Å². The Bertz CT molecular complexity index is 660. The number of ether oxygens (including phenoxy) is 1. The predicted octanol–water partition coefficient (Wildman–Crippen LogP) is 4.26. The van der Waals surface area contributed by atoms with Gasteiger partial charge in [0.05, 0.1) is 22.3 Å². The van der Waals surface area contributed by atoms with Crippen LogP contribution in [0.3, 0.4) is 0 Å². The molecule has 0 aliphatic rings. The molecule has 0 fully saturated rings. The summed E-state index contributed by atoms with van der Waals surface area (Å²) in [6, 6.07) is 6.72. The molecule has 0 bridgehead atoms. The molecular formula is C15H14Cl2N2O2. The van der Waals surface area contributed by atoms with Crippen molar-refractivity contribution in [1.82, 2.24) is 9.97 Å². The SMILES string of the molecule is CC(C)COC(=O)c1cc(-c2ccc(Cl)c(Cl)c2)ncn1. The standard InChI is InChI=1S/C15H14Cl2N2O2/c1-9(2)7-21-15(20)14-6-13(18-8-19-14)10-3-4-11(16)12(17)5-10/h3-6,8-9H,7H2,1-2H3. The van der Waals surface area contributed by atoms with Gasteiger partial charge in [-0.15, -0.1) is 0 Å². The second-order valence-corrected chi connectivity index (χ2v) is 5.72. The molecule has 4 nitrogen and oxygen atoms in total.